The van der Waals surface area contributed by atoms with Crippen LogP contribution in [0.4, 0.5) is 5.69 Å². The summed E-state index contributed by atoms with van der Waals surface area (Å²) in [7, 11) is 0. The lowest BCUT2D eigenvalue weighted by molar-refractivity contribution is -0.118. The van der Waals surface area contributed by atoms with E-state index in [1.807, 2.05) is 30.3 Å². The van der Waals surface area contributed by atoms with Crippen molar-refractivity contribution in [2.75, 3.05) is 18.5 Å². The van der Waals surface area contributed by atoms with Crippen molar-refractivity contribution in [3.8, 4) is 11.5 Å². The van der Waals surface area contributed by atoms with Crippen molar-refractivity contribution in [2.45, 2.75) is 13.5 Å². The van der Waals surface area contributed by atoms with Crippen LogP contribution in [0.2, 0.25) is 0 Å². The van der Waals surface area contributed by atoms with Crippen molar-refractivity contribution in [3.05, 3.63) is 90.0 Å². The molecule has 0 atom stereocenters. The van der Waals surface area contributed by atoms with E-state index >= 15 is 0 Å². The minimum absolute atomic E-state index is 0.135. The predicted octanol–water partition coefficient (Wildman–Crippen LogP) is 4.46. The number of amides is 1. The van der Waals surface area contributed by atoms with Crippen LogP contribution in [0, 0.1) is 0 Å². The predicted molar refractivity (Wildman–Crippen MR) is 114 cm³/mol. The molecule has 0 unspecified atom stereocenters. The summed E-state index contributed by atoms with van der Waals surface area (Å²) in [5.41, 5.74) is 2.09. The Hall–Kier alpha value is -3.80. The maximum atomic E-state index is 12.1. The van der Waals surface area contributed by atoms with Crippen LogP contribution in [0.25, 0.3) is 0 Å². The number of carbonyl (C=O) groups is 2. The van der Waals surface area contributed by atoms with Crippen molar-refractivity contribution in [3.63, 3.8) is 0 Å². The molecule has 0 bridgehead atoms. The summed E-state index contributed by atoms with van der Waals surface area (Å²) in [6, 6.07) is 23.5. The van der Waals surface area contributed by atoms with E-state index < -0.39 is 5.97 Å². The third kappa shape index (κ3) is 6.38. The molecule has 0 aliphatic heterocycles. The molecule has 30 heavy (non-hydrogen) atoms. The maximum Gasteiger partial charge on any atom is 0.338 e. The fourth-order valence-corrected chi connectivity index (χ4v) is 2.62. The summed E-state index contributed by atoms with van der Waals surface area (Å²) >= 11 is 0. The Morgan fingerprint density at radius 1 is 0.800 bits per heavy atom. The van der Waals surface area contributed by atoms with Gasteiger partial charge < -0.3 is 19.5 Å². The number of hydrogen-bond acceptors (Lipinski definition) is 5. The van der Waals surface area contributed by atoms with E-state index in [1.54, 1.807) is 55.5 Å². The molecule has 0 aliphatic rings. The van der Waals surface area contributed by atoms with Crippen LogP contribution >= 0.6 is 0 Å². The smallest absolute Gasteiger partial charge is 0.338 e. The average molecular weight is 405 g/mol. The Labute approximate surface area is 175 Å². The molecule has 0 radical (unpaired) electrons. The molecule has 0 aromatic heterocycles. The van der Waals surface area contributed by atoms with Crippen LogP contribution in [0.5, 0.6) is 11.5 Å². The highest BCUT2D eigenvalue weighted by molar-refractivity contribution is 5.93. The molecular formula is C24H23NO5. The monoisotopic (exact) mass is 405 g/mol. The van der Waals surface area contributed by atoms with Gasteiger partial charge in [0, 0.05) is 5.69 Å². The Balaban J connectivity index is 1.43. The van der Waals surface area contributed by atoms with Crippen LogP contribution < -0.4 is 14.8 Å². The third-order valence-electron chi connectivity index (χ3n) is 4.12. The number of ether oxygens (including phenoxy) is 3. The van der Waals surface area contributed by atoms with Crippen LogP contribution in [0.1, 0.15) is 22.8 Å². The zero-order valence-electron chi connectivity index (χ0n) is 16.7. The van der Waals surface area contributed by atoms with Crippen molar-refractivity contribution >= 4 is 17.6 Å². The zero-order valence-corrected chi connectivity index (χ0v) is 16.7. The molecule has 0 aliphatic carbocycles. The van der Waals surface area contributed by atoms with Gasteiger partial charge in [-0.25, -0.2) is 4.79 Å². The first kappa shape index (κ1) is 20.9. The van der Waals surface area contributed by atoms with Gasteiger partial charge in [-0.15, -0.1) is 0 Å². The van der Waals surface area contributed by atoms with Crippen LogP contribution in [0.3, 0.4) is 0 Å². The van der Waals surface area contributed by atoms with Gasteiger partial charge in [-0.1, -0.05) is 30.3 Å². The number of esters is 1. The SMILES string of the molecule is CCOC(=O)c1ccc(NC(=O)COc2ccc(OCc3ccccc3)cc2)cc1. The molecule has 154 valence electrons. The Morgan fingerprint density at radius 2 is 1.43 bits per heavy atom. The van der Waals surface area contributed by atoms with E-state index in [1.165, 1.54) is 0 Å². The van der Waals surface area contributed by atoms with E-state index in [4.69, 9.17) is 14.2 Å². The van der Waals surface area contributed by atoms with E-state index in [9.17, 15) is 9.59 Å². The summed E-state index contributed by atoms with van der Waals surface area (Å²) < 4.78 is 16.2. The molecule has 0 heterocycles. The Kier molecular flexibility index (Phi) is 7.44. The molecule has 1 N–H and O–H groups in total. The molecule has 0 saturated carbocycles. The van der Waals surface area contributed by atoms with Gasteiger partial charge in [0.25, 0.3) is 5.91 Å². The third-order valence-corrected chi connectivity index (χ3v) is 4.12. The molecule has 0 fully saturated rings. The lowest BCUT2D eigenvalue weighted by atomic mass is 10.2. The maximum absolute atomic E-state index is 12.1. The topological polar surface area (TPSA) is 73.9 Å². The average Bonchev–Trinajstić information content (AvgIpc) is 2.78. The van der Waals surface area contributed by atoms with Crippen molar-refractivity contribution in [1.29, 1.82) is 0 Å². The summed E-state index contributed by atoms with van der Waals surface area (Å²) in [6.45, 7) is 2.41. The first-order valence-corrected chi connectivity index (χ1v) is 9.60. The molecular weight excluding hydrogens is 382 g/mol. The van der Waals surface area contributed by atoms with Gasteiger partial charge in [0.05, 0.1) is 12.2 Å². The molecule has 1 amide bonds. The van der Waals surface area contributed by atoms with Crippen molar-refractivity contribution < 1.29 is 23.8 Å². The summed E-state index contributed by atoms with van der Waals surface area (Å²) in [5.74, 6) is 0.588. The van der Waals surface area contributed by atoms with Crippen LogP contribution in [-0.2, 0) is 16.1 Å². The van der Waals surface area contributed by atoms with E-state index in [0.29, 0.717) is 30.2 Å². The van der Waals surface area contributed by atoms with Crippen molar-refractivity contribution in [2.24, 2.45) is 0 Å². The second-order valence-electron chi connectivity index (χ2n) is 6.38. The van der Waals surface area contributed by atoms with Gasteiger partial charge in [0.15, 0.2) is 6.61 Å². The normalized spacial score (nSPS) is 10.2. The number of rotatable bonds is 9. The second kappa shape index (κ2) is 10.7. The fourth-order valence-electron chi connectivity index (χ4n) is 2.62. The minimum Gasteiger partial charge on any atom is -0.489 e. The van der Waals surface area contributed by atoms with Gasteiger partial charge in [-0.2, -0.15) is 0 Å². The molecule has 0 spiro atoms. The molecule has 3 rings (SSSR count). The highest BCUT2D eigenvalue weighted by atomic mass is 16.5. The zero-order chi connectivity index (χ0) is 21.2. The lowest BCUT2D eigenvalue weighted by Crippen LogP contribution is -2.20. The summed E-state index contributed by atoms with van der Waals surface area (Å²) in [5, 5.41) is 2.72. The summed E-state index contributed by atoms with van der Waals surface area (Å²) in [6.07, 6.45) is 0. The second-order valence-corrected chi connectivity index (χ2v) is 6.38. The lowest BCUT2D eigenvalue weighted by Gasteiger charge is -2.10. The number of benzene rings is 3. The van der Waals surface area contributed by atoms with Crippen LogP contribution in [0.15, 0.2) is 78.9 Å². The van der Waals surface area contributed by atoms with E-state index in [0.717, 1.165) is 11.3 Å². The highest BCUT2D eigenvalue weighted by Gasteiger charge is 2.08. The minimum atomic E-state index is -0.394. The highest BCUT2D eigenvalue weighted by Crippen LogP contribution is 2.19. The largest absolute Gasteiger partial charge is 0.489 e. The van der Waals surface area contributed by atoms with Gasteiger partial charge in [-0.05, 0) is 61.0 Å². The van der Waals surface area contributed by atoms with Gasteiger partial charge >= 0.3 is 5.97 Å². The molecule has 0 saturated heterocycles. The van der Waals surface area contributed by atoms with E-state index in [-0.39, 0.29) is 12.5 Å². The number of anilines is 1. The van der Waals surface area contributed by atoms with Gasteiger partial charge in [-0.3, -0.25) is 4.79 Å². The summed E-state index contributed by atoms with van der Waals surface area (Å²) in [4.78, 5) is 23.7. The quantitative estimate of drug-likeness (QED) is 0.532. The number of hydrogen-bond donors (Lipinski definition) is 1. The first-order chi connectivity index (χ1) is 14.6. The molecule has 6 nitrogen and oxygen atoms in total. The van der Waals surface area contributed by atoms with Gasteiger partial charge in [0.2, 0.25) is 0 Å². The fraction of sp³-hybridized carbons (Fsp3) is 0.167. The number of carbonyl (C=O) groups excluding carboxylic acids is 2. The standard InChI is InChI=1S/C24H23NO5/c1-2-28-24(27)19-8-10-20(11-9-19)25-23(26)17-30-22-14-12-21(13-15-22)29-16-18-6-4-3-5-7-18/h3-15H,2,16-17H2,1H3,(H,25,26). The van der Waals surface area contributed by atoms with Crippen molar-refractivity contribution in [1.82, 2.24) is 0 Å². The molecule has 3 aromatic rings. The Bertz CT molecular complexity index is 953. The van der Waals surface area contributed by atoms with Crippen LogP contribution in [-0.4, -0.2) is 25.1 Å². The first-order valence-electron chi connectivity index (χ1n) is 9.60. The van der Waals surface area contributed by atoms with Gasteiger partial charge in [0.1, 0.15) is 18.1 Å². The Morgan fingerprint density at radius 3 is 2.07 bits per heavy atom. The molecule has 6 heteroatoms. The van der Waals surface area contributed by atoms with E-state index in [2.05, 4.69) is 5.32 Å². The number of nitrogens with one attached hydrogen (secondary N) is 1. The molecule has 3 aromatic carbocycles.